The second-order valence-corrected chi connectivity index (χ2v) is 4.40. The number of aryl methyl sites for hydroxylation is 1. The third kappa shape index (κ3) is 3.51. The molecule has 0 aliphatic rings. The summed E-state index contributed by atoms with van der Waals surface area (Å²) in [7, 11) is 0. The number of rotatable bonds is 5. The minimum absolute atomic E-state index is 0.299. The van der Waals surface area contributed by atoms with Gasteiger partial charge >= 0.3 is 0 Å². The third-order valence-electron chi connectivity index (χ3n) is 2.85. The molecule has 2 N–H and O–H groups in total. The number of hydrogen-bond donors (Lipinski definition) is 1. The fourth-order valence-corrected chi connectivity index (χ4v) is 1.96. The van der Waals surface area contributed by atoms with Crippen molar-refractivity contribution in [2.45, 2.75) is 20.0 Å². The summed E-state index contributed by atoms with van der Waals surface area (Å²) in [6.45, 7) is 2.85. The zero-order chi connectivity index (χ0) is 13.7. The van der Waals surface area contributed by atoms with Crippen molar-refractivity contribution >= 4 is 0 Å². The summed E-state index contributed by atoms with van der Waals surface area (Å²) in [5.41, 5.74) is 8.43. The van der Waals surface area contributed by atoms with Crippen LogP contribution in [0.1, 0.15) is 16.7 Å². The number of ether oxygens (including phenoxy) is 1. The number of pyridine rings is 1. The maximum atomic E-state index is 13.0. The van der Waals surface area contributed by atoms with E-state index in [9.17, 15) is 4.39 Å². The smallest absolute Gasteiger partial charge is 0.141 e. The van der Waals surface area contributed by atoms with Crippen LogP contribution in [0.3, 0.4) is 0 Å². The maximum Gasteiger partial charge on any atom is 0.141 e. The molecule has 19 heavy (non-hydrogen) atoms. The van der Waals surface area contributed by atoms with Crippen molar-refractivity contribution in [2.75, 3.05) is 6.54 Å². The summed E-state index contributed by atoms with van der Waals surface area (Å²) in [5.74, 6) is 0.477. The second-order valence-electron chi connectivity index (χ2n) is 4.40. The van der Waals surface area contributed by atoms with Crippen LogP contribution in [-0.2, 0) is 13.0 Å². The fraction of sp³-hybridized carbons (Fsp3) is 0.267. The van der Waals surface area contributed by atoms with Gasteiger partial charge in [-0.2, -0.15) is 0 Å². The lowest BCUT2D eigenvalue weighted by Gasteiger charge is -2.13. The highest BCUT2D eigenvalue weighted by atomic mass is 19.1. The topological polar surface area (TPSA) is 48.1 Å². The van der Waals surface area contributed by atoms with Crippen molar-refractivity contribution in [3.8, 4) is 5.75 Å². The Bertz CT molecular complexity index is 558. The van der Waals surface area contributed by atoms with Gasteiger partial charge in [0.2, 0.25) is 0 Å². The van der Waals surface area contributed by atoms with Crippen LogP contribution in [0.15, 0.2) is 36.7 Å². The third-order valence-corrected chi connectivity index (χ3v) is 2.85. The van der Waals surface area contributed by atoms with Crippen LogP contribution < -0.4 is 10.5 Å². The van der Waals surface area contributed by atoms with E-state index in [2.05, 4.69) is 4.98 Å². The zero-order valence-corrected chi connectivity index (χ0v) is 10.9. The Kier molecular flexibility index (Phi) is 4.47. The summed E-state index contributed by atoms with van der Waals surface area (Å²) >= 11 is 0. The quantitative estimate of drug-likeness (QED) is 0.899. The van der Waals surface area contributed by atoms with Crippen LogP contribution in [-0.4, -0.2) is 11.5 Å². The number of benzene rings is 1. The Hall–Kier alpha value is -1.94. The average molecular weight is 260 g/mol. The minimum Gasteiger partial charge on any atom is -0.488 e. The van der Waals surface area contributed by atoms with E-state index >= 15 is 0 Å². The predicted octanol–water partition coefficient (Wildman–Crippen LogP) is 2.61. The number of para-hydroxylation sites is 1. The largest absolute Gasteiger partial charge is 0.488 e. The molecule has 4 heteroatoms. The van der Waals surface area contributed by atoms with E-state index in [1.807, 2.05) is 25.1 Å². The lowest BCUT2D eigenvalue weighted by atomic mass is 10.1. The molecule has 0 aliphatic heterocycles. The Balaban J connectivity index is 2.14. The summed E-state index contributed by atoms with van der Waals surface area (Å²) in [6.07, 6.45) is 3.54. The van der Waals surface area contributed by atoms with Crippen molar-refractivity contribution in [3.05, 3.63) is 59.2 Å². The first-order valence-corrected chi connectivity index (χ1v) is 6.21. The van der Waals surface area contributed by atoms with E-state index in [0.717, 1.165) is 23.3 Å². The molecular weight excluding hydrogens is 243 g/mol. The van der Waals surface area contributed by atoms with E-state index < -0.39 is 0 Å². The zero-order valence-electron chi connectivity index (χ0n) is 10.9. The van der Waals surface area contributed by atoms with Crippen LogP contribution in [0.25, 0.3) is 0 Å². The van der Waals surface area contributed by atoms with Gasteiger partial charge < -0.3 is 10.5 Å². The van der Waals surface area contributed by atoms with Gasteiger partial charge in [-0.05, 0) is 37.1 Å². The second kappa shape index (κ2) is 6.29. The highest BCUT2D eigenvalue weighted by Crippen LogP contribution is 2.24. The van der Waals surface area contributed by atoms with E-state index in [-0.39, 0.29) is 5.82 Å². The normalized spacial score (nSPS) is 10.5. The first kappa shape index (κ1) is 13.5. The Labute approximate surface area is 112 Å². The van der Waals surface area contributed by atoms with Crippen molar-refractivity contribution in [3.63, 3.8) is 0 Å². The van der Waals surface area contributed by atoms with Crippen molar-refractivity contribution in [2.24, 2.45) is 5.73 Å². The molecule has 0 spiro atoms. The van der Waals surface area contributed by atoms with Crippen molar-refractivity contribution in [1.82, 2.24) is 4.98 Å². The molecule has 1 heterocycles. The molecule has 0 saturated carbocycles. The molecule has 0 aliphatic carbocycles. The number of halogens is 1. The van der Waals surface area contributed by atoms with Gasteiger partial charge in [-0.25, -0.2) is 4.39 Å². The Morgan fingerprint density at radius 3 is 2.89 bits per heavy atom. The van der Waals surface area contributed by atoms with Gasteiger partial charge in [-0.15, -0.1) is 0 Å². The molecule has 0 unspecified atom stereocenters. The molecule has 0 amide bonds. The van der Waals surface area contributed by atoms with Crippen molar-refractivity contribution in [1.29, 1.82) is 0 Å². The summed E-state index contributed by atoms with van der Waals surface area (Å²) < 4.78 is 18.8. The van der Waals surface area contributed by atoms with E-state index in [4.69, 9.17) is 10.5 Å². The number of nitrogens with two attached hydrogens (primary N) is 1. The molecule has 100 valence electrons. The molecule has 2 rings (SSSR count). The number of hydrogen-bond acceptors (Lipinski definition) is 3. The van der Waals surface area contributed by atoms with Crippen LogP contribution in [0.5, 0.6) is 5.75 Å². The Morgan fingerprint density at radius 2 is 2.16 bits per heavy atom. The molecule has 0 radical (unpaired) electrons. The standard InChI is InChI=1S/C15H17FN2O/c1-11-3-2-4-13(5-6-17)15(11)19-10-12-7-14(16)9-18-8-12/h2-4,7-9H,5-6,10,17H2,1H3. The molecule has 0 bridgehead atoms. The fourth-order valence-electron chi connectivity index (χ4n) is 1.96. The molecule has 1 aromatic carbocycles. The highest BCUT2D eigenvalue weighted by molar-refractivity contribution is 5.41. The van der Waals surface area contributed by atoms with Gasteiger partial charge in [0.25, 0.3) is 0 Å². The minimum atomic E-state index is -0.354. The molecule has 0 saturated heterocycles. The maximum absolute atomic E-state index is 13.0. The Morgan fingerprint density at radius 1 is 1.32 bits per heavy atom. The average Bonchev–Trinajstić information content (AvgIpc) is 2.38. The van der Waals surface area contributed by atoms with E-state index in [1.165, 1.54) is 12.3 Å². The summed E-state index contributed by atoms with van der Waals surface area (Å²) in [6, 6.07) is 7.39. The predicted molar refractivity (Wildman–Crippen MR) is 72.5 cm³/mol. The van der Waals surface area contributed by atoms with Crippen molar-refractivity contribution < 1.29 is 9.13 Å². The van der Waals surface area contributed by atoms with Gasteiger partial charge in [0.05, 0.1) is 6.20 Å². The first-order valence-electron chi connectivity index (χ1n) is 6.21. The highest BCUT2D eigenvalue weighted by Gasteiger charge is 2.07. The summed E-state index contributed by atoms with van der Waals surface area (Å²) in [4.78, 5) is 3.80. The van der Waals surface area contributed by atoms with E-state index in [1.54, 1.807) is 6.20 Å². The van der Waals surface area contributed by atoms with Gasteiger partial charge in [0.15, 0.2) is 0 Å². The van der Waals surface area contributed by atoms with Crippen LogP contribution in [0, 0.1) is 12.7 Å². The monoisotopic (exact) mass is 260 g/mol. The lowest BCUT2D eigenvalue weighted by molar-refractivity contribution is 0.299. The molecular formula is C15H17FN2O. The van der Waals surface area contributed by atoms with Gasteiger partial charge in [-0.3, -0.25) is 4.98 Å². The molecule has 1 aromatic heterocycles. The van der Waals surface area contributed by atoms with Gasteiger partial charge in [0, 0.05) is 11.8 Å². The molecule has 3 nitrogen and oxygen atoms in total. The number of nitrogens with zero attached hydrogens (tertiary/aromatic N) is 1. The summed E-state index contributed by atoms with van der Waals surface area (Å²) in [5, 5.41) is 0. The lowest BCUT2D eigenvalue weighted by Crippen LogP contribution is -2.06. The van der Waals surface area contributed by atoms with Gasteiger partial charge in [0.1, 0.15) is 18.2 Å². The van der Waals surface area contributed by atoms with Crippen LogP contribution in [0.4, 0.5) is 4.39 Å². The molecule has 0 fully saturated rings. The number of aromatic nitrogens is 1. The first-order chi connectivity index (χ1) is 9.20. The molecule has 2 aromatic rings. The SMILES string of the molecule is Cc1cccc(CCN)c1OCc1cncc(F)c1. The van der Waals surface area contributed by atoms with Crippen LogP contribution >= 0.6 is 0 Å². The van der Waals surface area contributed by atoms with E-state index in [0.29, 0.717) is 18.7 Å². The molecule has 0 atom stereocenters. The van der Waals surface area contributed by atoms with Crippen LogP contribution in [0.2, 0.25) is 0 Å². The van der Waals surface area contributed by atoms with Gasteiger partial charge in [-0.1, -0.05) is 18.2 Å².